The van der Waals surface area contributed by atoms with Gasteiger partial charge in [-0.25, -0.2) is 9.18 Å². The second kappa shape index (κ2) is 7.93. The van der Waals surface area contributed by atoms with Gasteiger partial charge in [-0.05, 0) is 83.6 Å². The van der Waals surface area contributed by atoms with Gasteiger partial charge in [0.2, 0.25) is 0 Å². The van der Waals surface area contributed by atoms with Crippen LogP contribution in [0.1, 0.15) is 75.7 Å². The molecule has 1 aromatic rings. The molecular weight excluding hydrogens is 363 g/mol. The van der Waals surface area contributed by atoms with Crippen LogP contribution in [0.2, 0.25) is 0 Å². The Morgan fingerprint density at radius 2 is 1.97 bits per heavy atom. The van der Waals surface area contributed by atoms with Gasteiger partial charge >= 0.3 is 5.97 Å². The summed E-state index contributed by atoms with van der Waals surface area (Å²) in [6, 6.07) is 4.23. The molecule has 2 aliphatic rings. The Morgan fingerprint density at radius 3 is 2.62 bits per heavy atom. The summed E-state index contributed by atoms with van der Waals surface area (Å²) in [4.78, 5) is 11.0. The van der Waals surface area contributed by atoms with Crippen molar-refractivity contribution < 1.29 is 14.3 Å². The normalized spacial score (nSPS) is 25.3. The first-order valence-corrected chi connectivity index (χ1v) is 10.6. The number of benzene rings is 1. The number of carboxylic acid groups (broad SMARTS) is 1. The van der Waals surface area contributed by atoms with Crippen molar-refractivity contribution in [1.82, 2.24) is 0 Å². The van der Waals surface area contributed by atoms with Crippen molar-refractivity contribution in [3.05, 3.63) is 65.5 Å². The zero-order valence-corrected chi connectivity index (χ0v) is 18.1. The summed E-state index contributed by atoms with van der Waals surface area (Å²) < 4.78 is 14.1. The summed E-state index contributed by atoms with van der Waals surface area (Å²) in [6.45, 7) is 13.7. The molecule has 0 heterocycles. The van der Waals surface area contributed by atoms with Crippen molar-refractivity contribution in [3.8, 4) is 0 Å². The molecule has 156 valence electrons. The molecule has 1 fully saturated rings. The van der Waals surface area contributed by atoms with Crippen LogP contribution in [-0.4, -0.2) is 11.1 Å². The van der Waals surface area contributed by atoms with Crippen molar-refractivity contribution in [3.63, 3.8) is 0 Å². The van der Waals surface area contributed by atoms with Crippen molar-refractivity contribution >= 4 is 11.5 Å². The largest absolute Gasteiger partial charge is 0.478 e. The lowest BCUT2D eigenvalue weighted by molar-refractivity contribution is 0.0425. The molecule has 1 saturated carbocycles. The van der Waals surface area contributed by atoms with Gasteiger partial charge in [0.25, 0.3) is 0 Å². The molecule has 2 nitrogen and oxygen atoms in total. The van der Waals surface area contributed by atoms with Crippen LogP contribution in [0.25, 0.3) is 5.57 Å². The Labute approximate surface area is 174 Å². The zero-order valence-electron chi connectivity index (χ0n) is 18.1. The lowest BCUT2D eigenvalue weighted by Gasteiger charge is -2.47. The van der Waals surface area contributed by atoms with Gasteiger partial charge in [-0.3, -0.25) is 0 Å². The van der Waals surface area contributed by atoms with Gasteiger partial charge in [-0.1, -0.05) is 58.6 Å². The van der Waals surface area contributed by atoms with Gasteiger partial charge in [0.1, 0.15) is 5.82 Å². The number of carboxylic acids is 1. The maximum Gasteiger partial charge on any atom is 0.338 e. The number of allylic oxidation sites excluding steroid dienone is 5. The molecule has 3 rings (SSSR count). The van der Waals surface area contributed by atoms with Crippen LogP contribution in [0.15, 0.2) is 48.6 Å². The summed E-state index contributed by atoms with van der Waals surface area (Å²) in [5.74, 6) is -0.845. The van der Waals surface area contributed by atoms with Gasteiger partial charge in [-0.2, -0.15) is 0 Å². The van der Waals surface area contributed by atoms with E-state index in [0.717, 1.165) is 24.0 Å². The number of aromatic carboxylic acids is 1. The molecule has 0 saturated heterocycles. The minimum atomic E-state index is -1.26. The SMILES string of the molecule is C=C(C1=CC(CC2CC(C)(C)CCC2(C)C)CC=C1)c1ccc(C(=O)O)c(F)c1. The molecular formula is C26H33FO2. The third-order valence-corrected chi connectivity index (χ3v) is 6.99. The minimum Gasteiger partial charge on any atom is -0.478 e. The highest BCUT2D eigenvalue weighted by Gasteiger charge is 2.40. The second-order valence-corrected chi connectivity index (χ2v) is 10.3. The van der Waals surface area contributed by atoms with E-state index >= 15 is 0 Å². The van der Waals surface area contributed by atoms with Crippen LogP contribution in [0.4, 0.5) is 4.39 Å². The summed E-state index contributed by atoms with van der Waals surface area (Å²) >= 11 is 0. The molecule has 0 spiro atoms. The Balaban J connectivity index is 1.77. The quantitative estimate of drug-likeness (QED) is 0.568. The molecule has 29 heavy (non-hydrogen) atoms. The van der Waals surface area contributed by atoms with Crippen molar-refractivity contribution in [2.24, 2.45) is 22.7 Å². The van der Waals surface area contributed by atoms with E-state index in [1.54, 1.807) is 6.07 Å². The number of carbonyl (C=O) groups is 1. The molecule has 1 N–H and O–H groups in total. The molecule has 0 aliphatic heterocycles. The van der Waals surface area contributed by atoms with Crippen LogP contribution < -0.4 is 0 Å². The molecule has 0 amide bonds. The Kier molecular flexibility index (Phi) is 5.89. The number of hydrogen-bond acceptors (Lipinski definition) is 1. The van der Waals surface area contributed by atoms with Crippen molar-refractivity contribution in [2.75, 3.05) is 0 Å². The third-order valence-electron chi connectivity index (χ3n) is 6.99. The first-order chi connectivity index (χ1) is 13.5. The molecule has 2 unspecified atom stereocenters. The Hall–Kier alpha value is -2.16. The fourth-order valence-corrected chi connectivity index (χ4v) is 4.83. The monoisotopic (exact) mass is 396 g/mol. The van der Waals surface area contributed by atoms with Crippen LogP contribution in [0, 0.1) is 28.5 Å². The van der Waals surface area contributed by atoms with E-state index < -0.39 is 11.8 Å². The highest BCUT2D eigenvalue weighted by molar-refractivity contribution is 5.89. The third kappa shape index (κ3) is 4.88. The highest BCUT2D eigenvalue weighted by atomic mass is 19.1. The van der Waals surface area contributed by atoms with Crippen LogP contribution in [0.3, 0.4) is 0 Å². The molecule has 2 atom stereocenters. The summed E-state index contributed by atoms with van der Waals surface area (Å²) in [7, 11) is 0. The van der Waals surface area contributed by atoms with E-state index in [1.165, 1.54) is 31.4 Å². The van der Waals surface area contributed by atoms with E-state index in [9.17, 15) is 9.18 Å². The number of halogens is 1. The fraction of sp³-hybridized carbons (Fsp3) is 0.500. The highest BCUT2D eigenvalue weighted by Crippen LogP contribution is 2.51. The predicted molar refractivity (Wildman–Crippen MR) is 117 cm³/mol. The lowest BCUT2D eigenvalue weighted by atomic mass is 9.58. The van der Waals surface area contributed by atoms with Gasteiger partial charge in [0.15, 0.2) is 0 Å². The fourth-order valence-electron chi connectivity index (χ4n) is 4.83. The maximum absolute atomic E-state index is 14.1. The maximum atomic E-state index is 14.1. The van der Waals surface area contributed by atoms with E-state index in [4.69, 9.17) is 5.11 Å². The first-order valence-electron chi connectivity index (χ1n) is 10.6. The average molecular weight is 397 g/mol. The van der Waals surface area contributed by atoms with Gasteiger partial charge < -0.3 is 5.11 Å². The van der Waals surface area contributed by atoms with E-state index in [2.05, 4.69) is 52.5 Å². The Bertz CT molecular complexity index is 873. The van der Waals surface area contributed by atoms with Crippen LogP contribution >= 0.6 is 0 Å². The van der Waals surface area contributed by atoms with Crippen LogP contribution in [0.5, 0.6) is 0 Å². The van der Waals surface area contributed by atoms with E-state index in [-0.39, 0.29) is 5.56 Å². The van der Waals surface area contributed by atoms with E-state index in [1.807, 2.05) is 0 Å². The molecule has 0 bridgehead atoms. The molecule has 1 aromatic carbocycles. The molecule has 3 heteroatoms. The summed E-state index contributed by atoms with van der Waals surface area (Å²) in [5.41, 5.74) is 2.83. The molecule has 2 aliphatic carbocycles. The van der Waals surface area contributed by atoms with Crippen LogP contribution in [-0.2, 0) is 0 Å². The van der Waals surface area contributed by atoms with Gasteiger partial charge in [-0.15, -0.1) is 0 Å². The lowest BCUT2D eigenvalue weighted by Crippen LogP contribution is -2.36. The topological polar surface area (TPSA) is 37.3 Å². The smallest absolute Gasteiger partial charge is 0.338 e. The standard InChI is InChI=1S/C26H33FO2/c1-17(20-9-10-22(24(28)29)23(27)15-20)19-8-6-7-18(13-19)14-21-16-25(2,3)11-12-26(21,4)5/h6,8-10,13,15,18,21H,1,7,11-12,14,16H2,2-5H3,(H,28,29). The molecule has 0 aromatic heterocycles. The average Bonchev–Trinajstić information content (AvgIpc) is 2.64. The first kappa shape index (κ1) is 21.5. The van der Waals surface area contributed by atoms with Gasteiger partial charge in [0, 0.05) is 0 Å². The van der Waals surface area contributed by atoms with Crippen molar-refractivity contribution in [2.45, 2.75) is 59.8 Å². The summed E-state index contributed by atoms with van der Waals surface area (Å²) in [5, 5.41) is 9.03. The molecule has 0 radical (unpaired) electrons. The zero-order chi connectivity index (χ0) is 21.4. The second-order valence-electron chi connectivity index (χ2n) is 10.3. The van der Waals surface area contributed by atoms with E-state index in [0.29, 0.717) is 28.2 Å². The van der Waals surface area contributed by atoms with Crippen molar-refractivity contribution in [1.29, 1.82) is 0 Å². The number of rotatable bonds is 5. The number of hydrogen-bond donors (Lipinski definition) is 1. The Morgan fingerprint density at radius 1 is 1.24 bits per heavy atom. The summed E-state index contributed by atoms with van der Waals surface area (Å²) in [6.07, 6.45) is 12.5. The predicted octanol–water partition coefficient (Wildman–Crippen LogP) is 7.28. The van der Waals surface area contributed by atoms with Gasteiger partial charge in [0.05, 0.1) is 5.56 Å². The minimum absolute atomic E-state index is 0.310.